The van der Waals surface area contributed by atoms with Gasteiger partial charge >= 0.3 is 0 Å². The van der Waals surface area contributed by atoms with Gasteiger partial charge in [-0.3, -0.25) is 9.59 Å². The third kappa shape index (κ3) is 4.59. The molecule has 0 bridgehead atoms. The maximum atomic E-state index is 12.4. The van der Waals surface area contributed by atoms with Crippen molar-refractivity contribution in [1.29, 1.82) is 0 Å². The van der Waals surface area contributed by atoms with Crippen molar-refractivity contribution in [3.63, 3.8) is 0 Å². The average Bonchev–Trinajstić information content (AvgIpc) is 3.36. The molecule has 2 aliphatic rings. The molecule has 2 N–H and O–H groups in total. The number of hydrogen-bond donors (Lipinski definition) is 2. The van der Waals surface area contributed by atoms with Crippen LogP contribution in [0.3, 0.4) is 0 Å². The molecule has 2 fully saturated rings. The molecule has 1 aromatic heterocycles. The van der Waals surface area contributed by atoms with Gasteiger partial charge in [-0.05, 0) is 51.7 Å². The van der Waals surface area contributed by atoms with Crippen LogP contribution < -0.4 is 10.6 Å². The van der Waals surface area contributed by atoms with Crippen LogP contribution in [0.5, 0.6) is 0 Å². The predicted octanol–water partition coefficient (Wildman–Crippen LogP) is 2.34. The fraction of sp³-hybridized carbons (Fsp3) is 0.667. The minimum absolute atomic E-state index is 0.0334. The van der Waals surface area contributed by atoms with E-state index in [0.717, 1.165) is 38.9 Å². The van der Waals surface area contributed by atoms with E-state index in [1.54, 1.807) is 12.1 Å². The summed E-state index contributed by atoms with van der Waals surface area (Å²) in [5, 5.41) is 5.94. The van der Waals surface area contributed by atoms with E-state index < -0.39 is 0 Å². The van der Waals surface area contributed by atoms with Crippen LogP contribution in [0.25, 0.3) is 0 Å². The molecule has 3 rings (SSSR count). The second-order valence-corrected chi connectivity index (χ2v) is 7.87. The lowest BCUT2D eigenvalue weighted by molar-refractivity contribution is 0.0714. The lowest BCUT2D eigenvalue weighted by atomic mass is 10.1. The van der Waals surface area contributed by atoms with Crippen molar-refractivity contribution in [2.24, 2.45) is 0 Å². The van der Waals surface area contributed by atoms with Crippen LogP contribution in [0.4, 0.5) is 0 Å². The summed E-state index contributed by atoms with van der Waals surface area (Å²) in [6.45, 7) is 5.44. The summed E-state index contributed by atoms with van der Waals surface area (Å²) >= 11 is 1.21. The Balaban J connectivity index is 1.53. The number of nitrogens with one attached hydrogen (secondary N) is 2. The zero-order chi connectivity index (χ0) is 17.8. The van der Waals surface area contributed by atoms with Gasteiger partial charge in [0.1, 0.15) is 0 Å². The second-order valence-electron chi connectivity index (χ2n) is 6.79. The molecule has 0 radical (unpaired) electrons. The van der Waals surface area contributed by atoms with E-state index in [1.807, 2.05) is 13.8 Å². The van der Waals surface area contributed by atoms with Gasteiger partial charge in [0.2, 0.25) is 0 Å². The Labute approximate surface area is 152 Å². The Kier molecular flexibility index (Phi) is 6.09. The molecule has 7 heteroatoms. The Morgan fingerprint density at radius 1 is 0.960 bits per heavy atom. The molecule has 0 aromatic carbocycles. The largest absolute Gasteiger partial charge is 0.376 e. The summed E-state index contributed by atoms with van der Waals surface area (Å²) in [5.41, 5.74) is 0. The molecule has 25 heavy (non-hydrogen) atoms. The van der Waals surface area contributed by atoms with Crippen LogP contribution in [0.1, 0.15) is 58.9 Å². The van der Waals surface area contributed by atoms with Crippen LogP contribution in [-0.4, -0.2) is 49.3 Å². The standard InChI is InChI=1S/C18H26N2O4S/c1-11(13-5-3-9-23-13)19-17(21)15-7-8-16(25-15)18(22)20-12(2)14-6-4-10-24-14/h7-8,11-14H,3-6,9-10H2,1-2H3,(H,19,21)(H,20,22). The fourth-order valence-electron chi connectivity index (χ4n) is 3.32. The molecule has 138 valence electrons. The zero-order valence-corrected chi connectivity index (χ0v) is 15.6. The molecule has 2 saturated heterocycles. The van der Waals surface area contributed by atoms with E-state index in [4.69, 9.17) is 9.47 Å². The van der Waals surface area contributed by atoms with Crippen LogP contribution in [-0.2, 0) is 9.47 Å². The van der Waals surface area contributed by atoms with Crippen molar-refractivity contribution in [3.8, 4) is 0 Å². The Bertz CT molecular complexity index is 555. The Morgan fingerprint density at radius 2 is 1.40 bits per heavy atom. The third-order valence-electron chi connectivity index (χ3n) is 4.82. The lowest BCUT2D eigenvalue weighted by Crippen LogP contribution is -2.40. The number of amides is 2. The summed E-state index contributed by atoms with van der Waals surface area (Å²) in [7, 11) is 0. The molecule has 2 aliphatic heterocycles. The van der Waals surface area contributed by atoms with Gasteiger partial charge in [0.25, 0.3) is 11.8 Å². The smallest absolute Gasteiger partial charge is 0.261 e. The van der Waals surface area contributed by atoms with E-state index in [1.165, 1.54) is 11.3 Å². The highest BCUT2D eigenvalue weighted by Crippen LogP contribution is 2.20. The van der Waals surface area contributed by atoms with E-state index in [9.17, 15) is 9.59 Å². The highest BCUT2D eigenvalue weighted by molar-refractivity contribution is 7.15. The monoisotopic (exact) mass is 366 g/mol. The first-order valence-electron chi connectivity index (χ1n) is 8.99. The molecule has 0 aliphatic carbocycles. The van der Waals surface area contributed by atoms with Crippen LogP contribution in [0.2, 0.25) is 0 Å². The SMILES string of the molecule is CC(NC(=O)c1ccc(C(=O)NC(C)C2CCCO2)s1)C1CCCO1. The molecular formula is C18H26N2O4S. The van der Waals surface area contributed by atoms with Crippen LogP contribution >= 0.6 is 11.3 Å². The van der Waals surface area contributed by atoms with Crippen molar-refractivity contribution >= 4 is 23.2 Å². The number of carbonyl (C=O) groups is 2. The summed E-state index contributed by atoms with van der Waals surface area (Å²) < 4.78 is 11.2. The zero-order valence-electron chi connectivity index (χ0n) is 14.7. The van der Waals surface area contributed by atoms with Gasteiger partial charge in [-0.15, -0.1) is 11.3 Å². The van der Waals surface area contributed by atoms with Gasteiger partial charge in [0.15, 0.2) is 0 Å². The maximum Gasteiger partial charge on any atom is 0.261 e. The summed E-state index contributed by atoms with van der Waals surface area (Å²) in [6, 6.07) is 3.34. The normalized spacial score (nSPS) is 25.5. The van der Waals surface area contributed by atoms with E-state index in [-0.39, 0.29) is 36.1 Å². The van der Waals surface area contributed by atoms with Gasteiger partial charge in [-0.1, -0.05) is 0 Å². The first-order valence-corrected chi connectivity index (χ1v) is 9.81. The van der Waals surface area contributed by atoms with E-state index >= 15 is 0 Å². The number of carbonyl (C=O) groups excluding carboxylic acids is 2. The Hall–Kier alpha value is -1.44. The number of thiophene rings is 1. The van der Waals surface area contributed by atoms with Gasteiger partial charge in [0, 0.05) is 13.2 Å². The number of rotatable bonds is 6. The lowest BCUT2D eigenvalue weighted by Gasteiger charge is -2.19. The minimum atomic E-state index is -0.153. The fourth-order valence-corrected chi connectivity index (χ4v) is 4.13. The number of ether oxygens (including phenoxy) is 2. The summed E-state index contributed by atoms with van der Waals surface area (Å²) in [6.07, 6.45) is 4.19. The second kappa shape index (κ2) is 8.29. The van der Waals surface area contributed by atoms with Crippen molar-refractivity contribution < 1.29 is 19.1 Å². The topological polar surface area (TPSA) is 76.7 Å². The molecule has 4 atom stereocenters. The quantitative estimate of drug-likeness (QED) is 0.810. The third-order valence-corrected chi connectivity index (χ3v) is 5.90. The molecule has 3 heterocycles. The molecule has 4 unspecified atom stereocenters. The van der Waals surface area contributed by atoms with E-state index in [2.05, 4.69) is 10.6 Å². The van der Waals surface area contributed by atoms with Crippen LogP contribution in [0.15, 0.2) is 12.1 Å². The van der Waals surface area contributed by atoms with Gasteiger partial charge in [-0.25, -0.2) is 0 Å². The summed E-state index contributed by atoms with van der Waals surface area (Å²) in [5.74, 6) is -0.307. The first kappa shape index (κ1) is 18.4. The molecule has 2 amide bonds. The highest BCUT2D eigenvalue weighted by Gasteiger charge is 2.26. The van der Waals surface area contributed by atoms with Crippen molar-refractivity contribution in [1.82, 2.24) is 10.6 Å². The maximum absolute atomic E-state index is 12.4. The van der Waals surface area contributed by atoms with Crippen LogP contribution in [0, 0.1) is 0 Å². The molecular weight excluding hydrogens is 340 g/mol. The predicted molar refractivity (Wildman–Crippen MR) is 96.1 cm³/mol. The molecule has 0 spiro atoms. The van der Waals surface area contributed by atoms with E-state index in [0.29, 0.717) is 9.75 Å². The summed E-state index contributed by atoms with van der Waals surface area (Å²) in [4.78, 5) is 25.8. The Morgan fingerprint density at radius 3 is 1.76 bits per heavy atom. The average molecular weight is 366 g/mol. The first-order chi connectivity index (χ1) is 12.0. The minimum Gasteiger partial charge on any atom is -0.376 e. The van der Waals surface area contributed by atoms with Gasteiger partial charge < -0.3 is 20.1 Å². The van der Waals surface area contributed by atoms with Gasteiger partial charge in [0.05, 0.1) is 34.0 Å². The van der Waals surface area contributed by atoms with Crippen molar-refractivity contribution in [3.05, 3.63) is 21.9 Å². The molecule has 6 nitrogen and oxygen atoms in total. The van der Waals surface area contributed by atoms with Crippen molar-refractivity contribution in [2.75, 3.05) is 13.2 Å². The number of hydrogen-bond acceptors (Lipinski definition) is 5. The molecule has 1 aromatic rings. The van der Waals surface area contributed by atoms with Gasteiger partial charge in [-0.2, -0.15) is 0 Å². The highest BCUT2D eigenvalue weighted by atomic mass is 32.1. The van der Waals surface area contributed by atoms with Crippen molar-refractivity contribution in [2.45, 2.75) is 63.8 Å². The molecule has 0 saturated carbocycles.